The molecule has 110 valence electrons. The van der Waals surface area contributed by atoms with Crippen molar-refractivity contribution in [1.29, 1.82) is 0 Å². The lowest BCUT2D eigenvalue weighted by Gasteiger charge is -2.28. The van der Waals surface area contributed by atoms with E-state index in [1.807, 2.05) is 0 Å². The number of allylic oxidation sites excluding steroid dienone is 1. The molecule has 21 heavy (non-hydrogen) atoms. The van der Waals surface area contributed by atoms with E-state index in [1.54, 1.807) is 12.2 Å². The molecule has 0 aromatic rings. The number of urea groups is 1. The number of amides is 4. The molecule has 0 bridgehead atoms. The Bertz CT molecular complexity index is 575. The Balaban J connectivity index is 1.58. The summed E-state index contributed by atoms with van der Waals surface area (Å²) in [6, 6.07) is -0.614. The van der Waals surface area contributed by atoms with E-state index in [-0.39, 0.29) is 36.7 Å². The average Bonchev–Trinajstić information content (AvgIpc) is 2.40. The summed E-state index contributed by atoms with van der Waals surface area (Å²) in [4.78, 5) is 44.6. The second-order valence-corrected chi connectivity index (χ2v) is 5.30. The van der Waals surface area contributed by atoms with E-state index in [0.29, 0.717) is 0 Å². The van der Waals surface area contributed by atoms with Crippen LogP contribution in [-0.4, -0.2) is 47.9 Å². The zero-order valence-electron chi connectivity index (χ0n) is 11.5. The molecule has 7 nitrogen and oxygen atoms in total. The molecule has 0 saturated heterocycles. The van der Waals surface area contributed by atoms with Crippen LogP contribution >= 0.6 is 0 Å². The highest BCUT2D eigenvalue weighted by atomic mass is 16.2. The topological polar surface area (TPSA) is 91.2 Å². The van der Waals surface area contributed by atoms with Crippen LogP contribution in [0.3, 0.4) is 0 Å². The molecule has 0 aromatic carbocycles. The summed E-state index contributed by atoms with van der Waals surface area (Å²) in [5.74, 6) is -0.587. The number of aliphatic imine (C=N–C) groups is 2. The molecule has 1 aliphatic carbocycles. The molecule has 1 fully saturated rings. The van der Waals surface area contributed by atoms with E-state index in [9.17, 15) is 14.4 Å². The summed E-state index contributed by atoms with van der Waals surface area (Å²) in [5, 5.41) is 2.76. The fraction of sp³-hybridized carbons (Fsp3) is 0.500. The monoisotopic (exact) mass is 288 g/mol. The van der Waals surface area contributed by atoms with Gasteiger partial charge in [-0.3, -0.25) is 14.5 Å². The number of rotatable bonds is 4. The molecule has 1 N–H and O–H groups in total. The number of carbonyl (C=O) groups is 3. The smallest absolute Gasteiger partial charge is 0.352 e. The van der Waals surface area contributed by atoms with Crippen molar-refractivity contribution in [3.8, 4) is 0 Å². The van der Waals surface area contributed by atoms with E-state index in [0.717, 1.165) is 24.2 Å². The van der Waals surface area contributed by atoms with Gasteiger partial charge in [0.1, 0.15) is 11.8 Å². The first-order chi connectivity index (χ1) is 10.2. The van der Waals surface area contributed by atoms with Crippen LogP contribution in [0.5, 0.6) is 0 Å². The van der Waals surface area contributed by atoms with Crippen molar-refractivity contribution in [2.45, 2.75) is 19.3 Å². The molecule has 7 heteroatoms. The highest BCUT2D eigenvalue weighted by Gasteiger charge is 2.36. The molecular weight excluding hydrogens is 272 g/mol. The number of amidine groups is 1. The molecule has 3 rings (SSSR count). The summed E-state index contributed by atoms with van der Waals surface area (Å²) >= 11 is 0. The maximum atomic E-state index is 12.2. The molecule has 1 saturated carbocycles. The number of dihydropyridines is 1. The molecule has 0 spiro atoms. The Labute approximate surface area is 121 Å². The second kappa shape index (κ2) is 5.59. The highest BCUT2D eigenvalue weighted by molar-refractivity contribution is 6.19. The third-order valence-corrected chi connectivity index (χ3v) is 3.96. The van der Waals surface area contributed by atoms with E-state index in [1.165, 1.54) is 6.21 Å². The first-order valence-corrected chi connectivity index (χ1v) is 7.09. The fourth-order valence-electron chi connectivity index (χ4n) is 2.47. The van der Waals surface area contributed by atoms with Crippen LogP contribution in [0.4, 0.5) is 4.79 Å². The van der Waals surface area contributed by atoms with Gasteiger partial charge in [0.05, 0.1) is 0 Å². The van der Waals surface area contributed by atoms with Crippen molar-refractivity contribution < 1.29 is 14.4 Å². The van der Waals surface area contributed by atoms with Crippen molar-refractivity contribution in [2.24, 2.45) is 21.8 Å². The number of hydrogen-bond acceptors (Lipinski definition) is 4. The number of nitrogens with zero attached hydrogens (tertiary/aromatic N) is 3. The van der Waals surface area contributed by atoms with Crippen LogP contribution in [0.2, 0.25) is 0 Å². The third kappa shape index (κ3) is 2.63. The quantitative estimate of drug-likeness (QED) is 0.817. The van der Waals surface area contributed by atoms with E-state index in [2.05, 4.69) is 15.3 Å². The second-order valence-electron chi connectivity index (χ2n) is 5.30. The number of hydrogen-bond donors (Lipinski definition) is 1. The lowest BCUT2D eigenvalue weighted by molar-refractivity contribution is -0.131. The largest absolute Gasteiger partial charge is 0.354 e. The summed E-state index contributed by atoms with van der Waals surface area (Å²) in [6.45, 7) is 0.401. The third-order valence-electron chi connectivity index (χ3n) is 3.96. The summed E-state index contributed by atoms with van der Waals surface area (Å²) in [5.41, 5.74) is 0. The predicted molar refractivity (Wildman–Crippen MR) is 76.0 cm³/mol. The van der Waals surface area contributed by atoms with Crippen LogP contribution in [0.15, 0.2) is 22.1 Å². The van der Waals surface area contributed by atoms with Gasteiger partial charge in [0.25, 0.3) is 0 Å². The number of imide groups is 1. The summed E-state index contributed by atoms with van der Waals surface area (Å²) in [7, 11) is 0. The number of carbonyl (C=O) groups excluding carboxylic acids is 3. The summed E-state index contributed by atoms with van der Waals surface area (Å²) < 4.78 is 0. The van der Waals surface area contributed by atoms with Gasteiger partial charge in [-0.15, -0.1) is 0 Å². The van der Waals surface area contributed by atoms with Crippen molar-refractivity contribution in [1.82, 2.24) is 10.2 Å². The minimum atomic E-state index is -0.614. The van der Waals surface area contributed by atoms with Crippen molar-refractivity contribution >= 4 is 29.9 Å². The van der Waals surface area contributed by atoms with Crippen molar-refractivity contribution in [2.75, 3.05) is 13.1 Å². The average molecular weight is 288 g/mol. The lowest BCUT2D eigenvalue weighted by atomic mass is 9.85. The summed E-state index contributed by atoms with van der Waals surface area (Å²) in [6.07, 6.45) is 7.77. The van der Waals surface area contributed by atoms with E-state index >= 15 is 0 Å². The molecule has 2 aliphatic heterocycles. The fourth-order valence-corrected chi connectivity index (χ4v) is 2.47. The predicted octanol–water partition coefficient (Wildman–Crippen LogP) is 0.520. The molecule has 0 radical (unpaired) electrons. The van der Waals surface area contributed by atoms with Gasteiger partial charge in [0, 0.05) is 25.2 Å². The molecule has 0 aromatic heterocycles. The number of fused-ring (bicyclic) bond motifs is 1. The SMILES string of the molecule is O=C(NCCN1C(=O)N=C2N=CC=CC2C1=O)C1CCC1. The van der Waals surface area contributed by atoms with Gasteiger partial charge >= 0.3 is 6.03 Å². The highest BCUT2D eigenvalue weighted by Crippen LogP contribution is 2.26. The van der Waals surface area contributed by atoms with Gasteiger partial charge in [-0.2, -0.15) is 4.99 Å². The minimum absolute atomic E-state index is 0.00418. The van der Waals surface area contributed by atoms with E-state index in [4.69, 9.17) is 0 Å². The van der Waals surface area contributed by atoms with Crippen LogP contribution in [0, 0.1) is 11.8 Å². The van der Waals surface area contributed by atoms with Crippen LogP contribution < -0.4 is 5.32 Å². The van der Waals surface area contributed by atoms with Gasteiger partial charge in [-0.05, 0) is 18.9 Å². The Morgan fingerprint density at radius 1 is 1.38 bits per heavy atom. The van der Waals surface area contributed by atoms with Crippen LogP contribution in [0.25, 0.3) is 0 Å². The van der Waals surface area contributed by atoms with Gasteiger partial charge in [0.2, 0.25) is 11.8 Å². The normalized spacial score (nSPS) is 24.5. The zero-order valence-corrected chi connectivity index (χ0v) is 11.5. The maximum Gasteiger partial charge on any atom is 0.352 e. The molecule has 2 heterocycles. The Morgan fingerprint density at radius 3 is 2.90 bits per heavy atom. The van der Waals surface area contributed by atoms with Gasteiger partial charge in [-0.1, -0.05) is 12.5 Å². The first-order valence-electron chi connectivity index (χ1n) is 7.09. The molecular formula is C14H16N4O3. The molecule has 1 unspecified atom stereocenters. The Morgan fingerprint density at radius 2 is 2.19 bits per heavy atom. The standard InChI is InChI=1S/C14H16N4O3/c19-12(9-3-1-4-9)16-7-8-18-13(20)10-5-2-6-15-11(10)17-14(18)21/h2,5-6,9-10H,1,3-4,7-8H2,(H,16,19). The maximum absolute atomic E-state index is 12.2. The Kier molecular flexibility index (Phi) is 3.64. The lowest BCUT2D eigenvalue weighted by Crippen LogP contribution is -2.49. The van der Waals surface area contributed by atoms with E-state index < -0.39 is 11.9 Å². The van der Waals surface area contributed by atoms with Crippen LogP contribution in [-0.2, 0) is 9.59 Å². The molecule has 3 aliphatic rings. The van der Waals surface area contributed by atoms with Gasteiger partial charge < -0.3 is 5.32 Å². The van der Waals surface area contributed by atoms with Crippen molar-refractivity contribution in [3.63, 3.8) is 0 Å². The van der Waals surface area contributed by atoms with Gasteiger partial charge in [0.15, 0.2) is 0 Å². The van der Waals surface area contributed by atoms with Gasteiger partial charge in [-0.25, -0.2) is 9.79 Å². The molecule has 1 atom stereocenters. The molecule has 4 amide bonds. The van der Waals surface area contributed by atoms with Crippen molar-refractivity contribution in [3.05, 3.63) is 12.2 Å². The Hall–Kier alpha value is -2.31. The first kappa shape index (κ1) is 13.7. The van der Waals surface area contributed by atoms with Crippen LogP contribution in [0.1, 0.15) is 19.3 Å². The zero-order chi connectivity index (χ0) is 14.8. The minimum Gasteiger partial charge on any atom is -0.354 e. The number of nitrogens with one attached hydrogen (secondary N) is 1.